The second-order valence-corrected chi connectivity index (χ2v) is 12.9. The molecule has 1 aromatic heterocycles. The summed E-state index contributed by atoms with van der Waals surface area (Å²) in [6.07, 6.45) is 3.91. The molecule has 3 aliphatic rings. The zero-order valence-electron chi connectivity index (χ0n) is 21.8. The Morgan fingerprint density at radius 3 is 2.43 bits per heavy atom. The van der Waals surface area contributed by atoms with Gasteiger partial charge >= 0.3 is 4.87 Å². The summed E-state index contributed by atoms with van der Waals surface area (Å²) in [5, 5.41) is 4.53. The van der Waals surface area contributed by atoms with Crippen LogP contribution in [0, 0.1) is 24.7 Å². The average molecular weight is 534 g/mol. The molecule has 2 bridgehead atoms. The molecule has 5 nitrogen and oxygen atoms in total. The topological polar surface area (TPSA) is 54.3 Å². The van der Waals surface area contributed by atoms with E-state index in [2.05, 4.69) is 48.3 Å². The van der Waals surface area contributed by atoms with Crippen LogP contribution in [0.25, 0.3) is 0 Å². The van der Waals surface area contributed by atoms with Crippen LogP contribution in [0.5, 0.6) is 0 Å². The second kappa shape index (κ2) is 9.99. The highest BCUT2D eigenvalue weighted by Gasteiger charge is 2.55. The summed E-state index contributed by atoms with van der Waals surface area (Å²) in [5.41, 5.74) is 4.48. The van der Waals surface area contributed by atoms with Crippen LogP contribution >= 0.6 is 23.1 Å². The first-order valence-electron chi connectivity index (χ1n) is 13.6. The molecule has 0 saturated heterocycles. The highest BCUT2D eigenvalue weighted by molar-refractivity contribution is 8.00. The number of carbonyl (C=O) groups excluding carboxylic acids is 1. The molecule has 2 fully saturated rings. The van der Waals surface area contributed by atoms with Crippen molar-refractivity contribution in [3.05, 3.63) is 74.2 Å². The van der Waals surface area contributed by atoms with E-state index in [1.165, 1.54) is 46.7 Å². The third kappa shape index (κ3) is 4.44. The highest BCUT2D eigenvalue weighted by Crippen LogP contribution is 2.64. The van der Waals surface area contributed by atoms with Gasteiger partial charge in [0.1, 0.15) is 6.54 Å². The van der Waals surface area contributed by atoms with Gasteiger partial charge in [0.2, 0.25) is 5.91 Å². The van der Waals surface area contributed by atoms with Gasteiger partial charge in [-0.1, -0.05) is 41.2 Å². The summed E-state index contributed by atoms with van der Waals surface area (Å²) >= 11 is 3.25. The molecule has 3 aromatic rings. The normalized spacial score (nSPS) is 25.5. The van der Waals surface area contributed by atoms with Crippen molar-refractivity contribution in [3.8, 4) is 0 Å². The van der Waals surface area contributed by atoms with E-state index in [-0.39, 0.29) is 23.2 Å². The summed E-state index contributed by atoms with van der Waals surface area (Å²) in [6, 6.07) is 16.9. The fourth-order valence-corrected chi connectivity index (χ4v) is 10.1. The van der Waals surface area contributed by atoms with Gasteiger partial charge in [0, 0.05) is 40.5 Å². The number of hydrogen-bond donors (Lipinski definition) is 1. The van der Waals surface area contributed by atoms with Crippen molar-refractivity contribution in [2.24, 2.45) is 17.8 Å². The molecule has 6 rings (SSSR count). The molecule has 5 atom stereocenters. The quantitative estimate of drug-likeness (QED) is 0.384. The number of aryl methyl sites for hydroxylation is 1. The summed E-state index contributed by atoms with van der Waals surface area (Å²) in [4.78, 5) is 29.8. The van der Waals surface area contributed by atoms with E-state index < -0.39 is 0 Å². The molecule has 2 aromatic carbocycles. The maximum absolute atomic E-state index is 13.3. The van der Waals surface area contributed by atoms with Crippen molar-refractivity contribution in [2.45, 2.75) is 62.8 Å². The van der Waals surface area contributed by atoms with Crippen LogP contribution in [0.3, 0.4) is 0 Å². The van der Waals surface area contributed by atoms with Crippen molar-refractivity contribution >= 4 is 40.4 Å². The van der Waals surface area contributed by atoms with Crippen molar-refractivity contribution in [3.63, 3.8) is 0 Å². The fraction of sp³-hybridized carbons (Fsp3) is 0.467. The third-order valence-corrected chi connectivity index (χ3v) is 11.5. The number of hydrogen-bond acceptors (Lipinski definition) is 5. The van der Waals surface area contributed by atoms with Crippen molar-refractivity contribution in [1.29, 1.82) is 0 Å². The Morgan fingerprint density at radius 1 is 1.03 bits per heavy atom. The van der Waals surface area contributed by atoms with Gasteiger partial charge in [-0.25, -0.2) is 0 Å². The largest absolute Gasteiger partial charge is 0.372 e. The number of carbonyl (C=O) groups is 1. The summed E-state index contributed by atoms with van der Waals surface area (Å²) < 4.78 is 1.74. The SMILES string of the molecule is CCN(CC)c1ccc([C@@H]2c3sc(=O)n(CC(=O)Nc4ccc(C)cc4)c3SC3C4CCC(C4)C32)cc1. The van der Waals surface area contributed by atoms with E-state index in [0.29, 0.717) is 11.2 Å². The molecule has 1 N–H and O–H groups in total. The average Bonchev–Trinajstić information content (AvgIpc) is 3.60. The van der Waals surface area contributed by atoms with Crippen LogP contribution in [0.4, 0.5) is 11.4 Å². The number of fused-ring (bicyclic) bond motifs is 6. The molecule has 2 saturated carbocycles. The van der Waals surface area contributed by atoms with Gasteiger partial charge in [-0.05, 0) is 87.6 Å². The number of aromatic nitrogens is 1. The van der Waals surface area contributed by atoms with Crippen LogP contribution in [0.1, 0.15) is 55.0 Å². The smallest absolute Gasteiger partial charge is 0.308 e. The van der Waals surface area contributed by atoms with Gasteiger partial charge in [0.05, 0.1) is 5.03 Å². The number of nitrogens with zero attached hydrogens (tertiary/aromatic N) is 2. The molecule has 7 heteroatoms. The van der Waals surface area contributed by atoms with Crippen molar-refractivity contribution in [1.82, 2.24) is 4.57 Å². The number of thiazole rings is 1. The summed E-state index contributed by atoms with van der Waals surface area (Å²) in [6.45, 7) is 8.45. The van der Waals surface area contributed by atoms with Gasteiger partial charge in [0.25, 0.3) is 0 Å². The monoisotopic (exact) mass is 533 g/mol. The minimum absolute atomic E-state index is 0.0198. The van der Waals surface area contributed by atoms with Gasteiger partial charge < -0.3 is 10.2 Å². The molecule has 2 heterocycles. The molecule has 194 valence electrons. The molecule has 0 radical (unpaired) electrons. The zero-order chi connectivity index (χ0) is 25.7. The van der Waals surface area contributed by atoms with Crippen molar-refractivity contribution in [2.75, 3.05) is 23.3 Å². The van der Waals surface area contributed by atoms with E-state index in [4.69, 9.17) is 0 Å². The second-order valence-electron chi connectivity index (χ2n) is 10.8. The van der Waals surface area contributed by atoms with Gasteiger partial charge in [-0.15, -0.1) is 11.8 Å². The van der Waals surface area contributed by atoms with Crippen LogP contribution in [-0.2, 0) is 11.3 Å². The third-order valence-electron chi connectivity index (χ3n) is 8.71. The standard InChI is InChI=1S/C30H35N3O2S2/c1-4-32(5-2)23-14-10-19(11-15-23)25-26-20-8-9-21(16-20)27(26)36-29-28(25)37-30(35)33(29)17-24(34)31-22-12-6-18(3)7-13-22/h6-7,10-15,20-21,25-27H,4-5,8-9,16-17H2,1-3H3,(H,31,34)/t20?,21?,25-,26?,27?/m0/s1. The minimum atomic E-state index is -0.151. The molecule has 0 spiro atoms. The number of amides is 1. The zero-order valence-corrected chi connectivity index (χ0v) is 23.4. The van der Waals surface area contributed by atoms with E-state index in [1.807, 2.05) is 43.0 Å². The van der Waals surface area contributed by atoms with Gasteiger partial charge in [-0.3, -0.25) is 14.2 Å². The Kier molecular flexibility index (Phi) is 6.70. The Labute approximate surface area is 227 Å². The van der Waals surface area contributed by atoms with E-state index in [0.717, 1.165) is 41.2 Å². The predicted molar refractivity (Wildman–Crippen MR) is 154 cm³/mol. The number of nitrogens with one attached hydrogen (secondary N) is 1. The number of anilines is 2. The lowest BCUT2D eigenvalue weighted by molar-refractivity contribution is -0.116. The molecule has 1 aliphatic heterocycles. The Hall–Kier alpha value is -2.51. The van der Waals surface area contributed by atoms with Crippen LogP contribution in [-0.4, -0.2) is 28.8 Å². The lowest BCUT2D eigenvalue weighted by Gasteiger charge is -2.40. The molecule has 37 heavy (non-hydrogen) atoms. The number of benzene rings is 2. The lowest BCUT2D eigenvalue weighted by atomic mass is 9.75. The Bertz CT molecular complexity index is 1340. The van der Waals surface area contributed by atoms with Crippen LogP contribution in [0.2, 0.25) is 0 Å². The number of thioether (sulfide) groups is 1. The maximum Gasteiger partial charge on any atom is 0.308 e. The summed E-state index contributed by atoms with van der Waals surface area (Å²) in [5.74, 6) is 2.11. The van der Waals surface area contributed by atoms with E-state index in [1.54, 1.807) is 4.57 Å². The van der Waals surface area contributed by atoms with Gasteiger partial charge in [-0.2, -0.15) is 0 Å². The Morgan fingerprint density at radius 2 is 1.73 bits per heavy atom. The van der Waals surface area contributed by atoms with Crippen molar-refractivity contribution < 1.29 is 4.79 Å². The molecule has 1 amide bonds. The highest BCUT2D eigenvalue weighted by atomic mass is 32.2. The first kappa shape index (κ1) is 24.8. The first-order chi connectivity index (χ1) is 18.0. The summed E-state index contributed by atoms with van der Waals surface area (Å²) in [7, 11) is 0. The number of rotatable bonds is 7. The molecular formula is C30H35N3O2S2. The maximum atomic E-state index is 13.3. The van der Waals surface area contributed by atoms with Crippen LogP contribution < -0.4 is 15.1 Å². The molecule has 2 aliphatic carbocycles. The molecule has 4 unspecified atom stereocenters. The van der Waals surface area contributed by atoms with Gasteiger partial charge in [0.15, 0.2) is 0 Å². The predicted octanol–water partition coefficient (Wildman–Crippen LogP) is 6.36. The van der Waals surface area contributed by atoms with Crippen LogP contribution in [0.15, 0.2) is 58.4 Å². The Balaban J connectivity index is 1.34. The van der Waals surface area contributed by atoms with E-state index >= 15 is 0 Å². The lowest BCUT2D eigenvalue weighted by Crippen LogP contribution is -2.35. The molecular weight excluding hydrogens is 498 g/mol. The fourth-order valence-electron chi connectivity index (χ4n) is 6.92. The first-order valence-corrected chi connectivity index (χ1v) is 15.3. The minimum Gasteiger partial charge on any atom is -0.372 e. The van der Waals surface area contributed by atoms with E-state index in [9.17, 15) is 9.59 Å².